The first-order valence-corrected chi connectivity index (χ1v) is 6.61. The molecule has 0 atom stereocenters. The number of anilines is 3. The number of hydrogen-bond donors (Lipinski definition) is 3. The van der Waals surface area contributed by atoms with Crippen LogP contribution in [-0.2, 0) is 17.8 Å². The first-order chi connectivity index (χ1) is 10.2. The molecule has 1 aromatic heterocycles. The number of fused-ring (bicyclic) bond motifs is 1. The van der Waals surface area contributed by atoms with Crippen LogP contribution in [0.15, 0.2) is 30.5 Å². The zero-order valence-corrected chi connectivity index (χ0v) is 11.6. The number of amides is 1. The van der Waals surface area contributed by atoms with E-state index in [-0.39, 0.29) is 5.91 Å². The second-order valence-corrected chi connectivity index (χ2v) is 4.88. The molecular weight excluding hydrogens is 268 g/mol. The summed E-state index contributed by atoms with van der Waals surface area (Å²) in [5.74, 6) is 0.583. The second kappa shape index (κ2) is 5.32. The summed E-state index contributed by atoms with van der Waals surface area (Å²) in [6, 6.07) is 7.45. The van der Waals surface area contributed by atoms with E-state index in [9.17, 15) is 4.79 Å². The maximum Gasteiger partial charge on any atom is 0.228 e. The van der Waals surface area contributed by atoms with E-state index < -0.39 is 0 Å². The van der Waals surface area contributed by atoms with Gasteiger partial charge in [-0.2, -0.15) is 0 Å². The molecule has 6 nitrogen and oxygen atoms in total. The molecule has 21 heavy (non-hydrogen) atoms. The third-order valence-electron chi connectivity index (χ3n) is 3.39. The van der Waals surface area contributed by atoms with Crippen LogP contribution >= 0.6 is 0 Å². The van der Waals surface area contributed by atoms with E-state index in [1.165, 1.54) is 0 Å². The Morgan fingerprint density at radius 1 is 1.43 bits per heavy atom. The highest BCUT2D eigenvalue weighted by Gasteiger charge is 2.19. The van der Waals surface area contributed by atoms with Crippen LogP contribution in [-0.4, -0.2) is 18.0 Å². The van der Waals surface area contributed by atoms with Crippen LogP contribution in [0, 0.1) is 0 Å². The number of carbonyl (C=O) groups excluding carboxylic acids is 1. The number of carbonyl (C=O) groups is 1. The molecule has 2 heterocycles. The highest BCUT2D eigenvalue weighted by molar-refractivity contribution is 6.00. The number of aromatic nitrogens is 1. The average molecular weight is 284 g/mol. The van der Waals surface area contributed by atoms with Gasteiger partial charge in [0.15, 0.2) is 0 Å². The van der Waals surface area contributed by atoms with Gasteiger partial charge in [0.05, 0.1) is 24.9 Å². The quantitative estimate of drug-likeness (QED) is 0.745. The molecule has 4 N–H and O–H groups in total. The van der Waals surface area contributed by atoms with Crippen molar-refractivity contribution < 1.29 is 9.53 Å². The fraction of sp³-hybridized carbons (Fsp3) is 0.200. The lowest BCUT2D eigenvalue weighted by atomic mass is 10.1. The molecule has 1 amide bonds. The summed E-state index contributed by atoms with van der Waals surface area (Å²) in [4.78, 5) is 15.5. The fourth-order valence-electron chi connectivity index (χ4n) is 2.28. The number of ether oxygens (including phenoxy) is 1. The molecule has 1 aliphatic heterocycles. The number of nitrogens with two attached hydrogens (primary N) is 1. The van der Waals surface area contributed by atoms with Crippen LogP contribution in [0.25, 0.3) is 0 Å². The summed E-state index contributed by atoms with van der Waals surface area (Å²) in [6.07, 6.45) is 2.14. The standard InChI is InChI=1S/C15H16N4O2/c1-21-15-3-2-9(8-18-15)7-17-13-6-12-10(4-11(13)16)5-14(20)19-12/h2-4,6,8,17H,5,7,16H2,1H3,(H,19,20). The highest BCUT2D eigenvalue weighted by atomic mass is 16.5. The second-order valence-electron chi connectivity index (χ2n) is 4.88. The molecule has 0 spiro atoms. The van der Waals surface area contributed by atoms with Crippen molar-refractivity contribution in [2.24, 2.45) is 0 Å². The fourth-order valence-corrected chi connectivity index (χ4v) is 2.28. The minimum atomic E-state index is 0.000837. The minimum absolute atomic E-state index is 0.000837. The topological polar surface area (TPSA) is 89.3 Å². The van der Waals surface area contributed by atoms with E-state index in [2.05, 4.69) is 15.6 Å². The molecule has 108 valence electrons. The summed E-state index contributed by atoms with van der Waals surface area (Å²) >= 11 is 0. The van der Waals surface area contributed by atoms with Gasteiger partial charge in [-0.1, -0.05) is 6.07 Å². The summed E-state index contributed by atoms with van der Waals surface area (Å²) in [6.45, 7) is 0.591. The van der Waals surface area contributed by atoms with Crippen LogP contribution < -0.4 is 21.1 Å². The van der Waals surface area contributed by atoms with Gasteiger partial charge in [-0.25, -0.2) is 4.98 Å². The molecule has 3 rings (SSSR count). The molecule has 6 heteroatoms. The lowest BCUT2D eigenvalue weighted by Crippen LogP contribution is -2.05. The predicted molar refractivity (Wildman–Crippen MR) is 81.3 cm³/mol. The van der Waals surface area contributed by atoms with Crippen molar-refractivity contribution in [1.82, 2.24) is 4.98 Å². The van der Waals surface area contributed by atoms with Gasteiger partial charge in [0.25, 0.3) is 0 Å². The Kier molecular flexibility index (Phi) is 3.35. The van der Waals surface area contributed by atoms with Gasteiger partial charge in [0.2, 0.25) is 11.8 Å². The summed E-state index contributed by atoms with van der Waals surface area (Å²) < 4.78 is 5.02. The first-order valence-electron chi connectivity index (χ1n) is 6.61. The summed E-state index contributed by atoms with van der Waals surface area (Å²) in [5, 5.41) is 6.07. The predicted octanol–water partition coefficient (Wildman–Crippen LogP) is 1.78. The Bertz CT molecular complexity index is 683. The zero-order chi connectivity index (χ0) is 14.8. The van der Waals surface area contributed by atoms with Crippen molar-refractivity contribution >= 4 is 23.0 Å². The molecule has 1 aromatic carbocycles. The smallest absolute Gasteiger partial charge is 0.228 e. The average Bonchev–Trinajstić information content (AvgIpc) is 2.84. The van der Waals surface area contributed by atoms with E-state index in [4.69, 9.17) is 10.5 Å². The summed E-state index contributed by atoms with van der Waals surface area (Å²) in [5.41, 5.74) is 10.2. The minimum Gasteiger partial charge on any atom is -0.481 e. The lowest BCUT2D eigenvalue weighted by Gasteiger charge is -2.11. The number of hydrogen-bond acceptors (Lipinski definition) is 5. The largest absolute Gasteiger partial charge is 0.481 e. The van der Waals surface area contributed by atoms with Crippen molar-refractivity contribution in [3.8, 4) is 5.88 Å². The van der Waals surface area contributed by atoms with Crippen molar-refractivity contribution in [3.63, 3.8) is 0 Å². The molecule has 1 aliphatic rings. The molecule has 0 unspecified atom stereocenters. The van der Waals surface area contributed by atoms with E-state index in [1.54, 1.807) is 13.3 Å². The van der Waals surface area contributed by atoms with Crippen molar-refractivity contribution in [3.05, 3.63) is 41.6 Å². The van der Waals surface area contributed by atoms with E-state index in [1.807, 2.05) is 24.3 Å². The molecular formula is C15H16N4O2. The van der Waals surface area contributed by atoms with E-state index in [0.29, 0.717) is 24.5 Å². The molecule has 0 aliphatic carbocycles. The van der Waals surface area contributed by atoms with Gasteiger partial charge >= 0.3 is 0 Å². The van der Waals surface area contributed by atoms with E-state index >= 15 is 0 Å². The number of methoxy groups -OCH3 is 1. The molecule has 0 bridgehead atoms. The number of nitrogens with zero attached hydrogens (tertiary/aromatic N) is 1. The van der Waals surface area contributed by atoms with Crippen molar-refractivity contribution in [2.75, 3.05) is 23.5 Å². The Balaban J connectivity index is 1.73. The molecule has 0 fully saturated rings. The van der Waals surface area contributed by atoms with Gasteiger partial charge in [-0.15, -0.1) is 0 Å². The number of rotatable bonds is 4. The van der Waals surface area contributed by atoms with Gasteiger partial charge < -0.3 is 21.1 Å². The monoisotopic (exact) mass is 284 g/mol. The van der Waals surface area contributed by atoms with Crippen molar-refractivity contribution in [2.45, 2.75) is 13.0 Å². The SMILES string of the molecule is COc1ccc(CNc2cc3c(cc2N)CC(=O)N3)cn1. The lowest BCUT2D eigenvalue weighted by molar-refractivity contribution is -0.115. The van der Waals surface area contributed by atoms with Crippen LogP contribution in [0.4, 0.5) is 17.1 Å². The number of pyridine rings is 1. The van der Waals surface area contributed by atoms with Crippen LogP contribution in [0.5, 0.6) is 5.88 Å². The van der Waals surface area contributed by atoms with Gasteiger partial charge in [-0.05, 0) is 23.3 Å². The molecule has 2 aromatic rings. The maximum absolute atomic E-state index is 11.4. The first kappa shape index (κ1) is 13.2. The number of nitrogen functional groups attached to an aromatic ring is 1. The number of nitrogens with one attached hydrogen (secondary N) is 2. The van der Waals surface area contributed by atoms with Crippen LogP contribution in [0.1, 0.15) is 11.1 Å². The highest BCUT2D eigenvalue weighted by Crippen LogP contribution is 2.31. The van der Waals surface area contributed by atoms with Gasteiger partial charge in [0.1, 0.15) is 0 Å². The Morgan fingerprint density at radius 2 is 2.29 bits per heavy atom. The molecule has 0 saturated carbocycles. The van der Waals surface area contributed by atoms with Gasteiger partial charge in [0, 0.05) is 24.5 Å². The van der Waals surface area contributed by atoms with E-state index in [0.717, 1.165) is 22.5 Å². The Labute approximate surface area is 122 Å². The Hall–Kier alpha value is -2.76. The van der Waals surface area contributed by atoms with Gasteiger partial charge in [-0.3, -0.25) is 4.79 Å². The molecule has 0 radical (unpaired) electrons. The normalized spacial score (nSPS) is 12.7. The Morgan fingerprint density at radius 3 is 3.00 bits per heavy atom. The number of benzene rings is 1. The third-order valence-corrected chi connectivity index (χ3v) is 3.39. The van der Waals surface area contributed by atoms with Crippen LogP contribution in [0.3, 0.4) is 0 Å². The van der Waals surface area contributed by atoms with Crippen molar-refractivity contribution in [1.29, 1.82) is 0 Å². The maximum atomic E-state index is 11.4. The molecule has 0 saturated heterocycles. The third kappa shape index (κ3) is 2.74. The van der Waals surface area contributed by atoms with Crippen LogP contribution in [0.2, 0.25) is 0 Å². The summed E-state index contributed by atoms with van der Waals surface area (Å²) in [7, 11) is 1.58. The zero-order valence-electron chi connectivity index (χ0n) is 11.6.